The number of hydrogen-bond acceptors (Lipinski definition) is 5. The molecule has 140 valence electrons. The highest BCUT2D eigenvalue weighted by Crippen LogP contribution is 2.24. The highest BCUT2D eigenvalue weighted by atomic mass is 19.1. The Morgan fingerprint density at radius 1 is 1.35 bits per heavy atom. The van der Waals surface area contributed by atoms with Gasteiger partial charge in [-0.15, -0.1) is 0 Å². The zero-order chi connectivity index (χ0) is 18.7. The minimum Gasteiger partial charge on any atom is -0.339 e. The maximum Gasteiger partial charge on any atom is 0.323 e. The first-order valence-electron chi connectivity index (χ1n) is 8.99. The second-order valence-corrected chi connectivity index (χ2v) is 7.13. The van der Waals surface area contributed by atoms with Gasteiger partial charge in [-0.1, -0.05) is 11.2 Å². The smallest absolute Gasteiger partial charge is 0.323 e. The molecule has 1 aromatic heterocycles. The summed E-state index contributed by atoms with van der Waals surface area (Å²) in [6.45, 7) is 3.10. The summed E-state index contributed by atoms with van der Waals surface area (Å²) in [4.78, 5) is 20.5. The number of hydrogen-bond donors (Lipinski definition) is 0. The van der Waals surface area contributed by atoms with E-state index in [1.807, 2.05) is 19.0 Å². The molecule has 0 atom stereocenters. The summed E-state index contributed by atoms with van der Waals surface area (Å²) in [5.74, 6) is 0.844. The molecule has 0 saturated carbocycles. The van der Waals surface area contributed by atoms with Crippen molar-refractivity contribution in [2.24, 2.45) is 5.92 Å². The van der Waals surface area contributed by atoms with Crippen LogP contribution in [0.4, 0.5) is 10.4 Å². The van der Waals surface area contributed by atoms with E-state index in [-0.39, 0.29) is 11.7 Å². The number of carbonyl (C=O) groups is 1. The Bertz CT molecular complexity index is 767. The Balaban J connectivity index is 1.49. The van der Waals surface area contributed by atoms with Crippen molar-refractivity contribution in [1.29, 1.82) is 0 Å². The summed E-state index contributed by atoms with van der Waals surface area (Å²) < 4.78 is 18.9. The maximum atomic E-state index is 13.7. The minimum atomic E-state index is -0.331. The van der Waals surface area contributed by atoms with Crippen LogP contribution in [0, 0.1) is 18.7 Å². The van der Waals surface area contributed by atoms with Crippen LogP contribution in [0.15, 0.2) is 22.7 Å². The SMILES string of the molecule is Cc1ccc(C(=O)N2CCC(CCc3noc(N(C)C)n3)CC2)cc1F. The first-order valence-corrected chi connectivity index (χ1v) is 8.99. The van der Waals surface area contributed by atoms with Crippen molar-refractivity contribution in [2.45, 2.75) is 32.6 Å². The van der Waals surface area contributed by atoms with Crippen LogP contribution < -0.4 is 4.90 Å². The second kappa shape index (κ2) is 7.85. The number of aryl methyl sites for hydroxylation is 2. The molecular weight excluding hydrogens is 335 g/mol. The molecule has 0 N–H and O–H groups in total. The Labute approximate surface area is 153 Å². The topological polar surface area (TPSA) is 62.5 Å². The van der Waals surface area contributed by atoms with Crippen LogP contribution in [0.1, 0.15) is 41.0 Å². The van der Waals surface area contributed by atoms with Gasteiger partial charge in [0.1, 0.15) is 5.82 Å². The number of nitrogens with zero attached hydrogens (tertiary/aromatic N) is 4. The van der Waals surface area contributed by atoms with Crippen LogP contribution in [0.3, 0.4) is 0 Å². The molecule has 1 amide bonds. The molecule has 6 nitrogen and oxygen atoms in total. The third-order valence-electron chi connectivity index (χ3n) is 4.94. The van der Waals surface area contributed by atoms with E-state index in [2.05, 4.69) is 10.1 Å². The van der Waals surface area contributed by atoms with Gasteiger partial charge in [0.2, 0.25) is 0 Å². The van der Waals surface area contributed by atoms with E-state index in [0.717, 1.165) is 31.5 Å². The molecule has 3 rings (SSSR count). The normalized spacial score (nSPS) is 15.3. The highest BCUT2D eigenvalue weighted by Gasteiger charge is 2.24. The van der Waals surface area contributed by atoms with Crippen molar-refractivity contribution in [3.8, 4) is 0 Å². The van der Waals surface area contributed by atoms with Gasteiger partial charge in [0.25, 0.3) is 5.91 Å². The monoisotopic (exact) mass is 360 g/mol. The van der Waals surface area contributed by atoms with Crippen LogP contribution in [-0.4, -0.2) is 48.1 Å². The molecular formula is C19H25FN4O2. The molecule has 1 saturated heterocycles. The van der Waals surface area contributed by atoms with E-state index < -0.39 is 0 Å². The number of anilines is 1. The Hall–Kier alpha value is -2.44. The number of piperidine rings is 1. The molecule has 1 fully saturated rings. The number of amides is 1. The van der Waals surface area contributed by atoms with Crippen LogP contribution in [0.2, 0.25) is 0 Å². The molecule has 0 unspecified atom stereocenters. The zero-order valence-corrected chi connectivity index (χ0v) is 15.5. The van der Waals surface area contributed by atoms with Gasteiger partial charge in [-0.2, -0.15) is 4.98 Å². The van der Waals surface area contributed by atoms with E-state index in [0.29, 0.717) is 36.1 Å². The molecule has 0 bridgehead atoms. The Kier molecular flexibility index (Phi) is 5.54. The van der Waals surface area contributed by atoms with Gasteiger partial charge in [0.05, 0.1) is 0 Å². The average molecular weight is 360 g/mol. The van der Waals surface area contributed by atoms with Crippen molar-refractivity contribution in [3.05, 3.63) is 41.0 Å². The lowest BCUT2D eigenvalue weighted by Gasteiger charge is -2.32. The third-order valence-corrected chi connectivity index (χ3v) is 4.94. The van der Waals surface area contributed by atoms with Gasteiger partial charge < -0.3 is 14.3 Å². The number of rotatable bonds is 5. The number of carbonyl (C=O) groups excluding carboxylic acids is 1. The van der Waals surface area contributed by atoms with Crippen LogP contribution >= 0.6 is 0 Å². The molecule has 1 aliphatic rings. The van der Waals surface area contributed by atoms with Gasteiger partial charge >= 0.3 is 6.01 Å². The lowest BCUT2D eigenvalue weighted by Crippen LogP contribution is -2.38. The zero-order valence-electron chi connectivity index (χ0n) is 15.5. The van der Waals surface area contributed by atoms with Crippen molar-refractivity contribution in [2.75, 3.05) is 32.1 Å². The van der Waals surface area contributed by atoms with E-state index in [4.69, 9.17) is 4.52 Å². The van der Waals surface area contributed by atoms with Crippen molar-refractivity contribution in [3.63, 3.8) is 0 Å². The molecule has 2 heterocycles. The first kappa shape index (κ1) is 18.4. The lowest BCUT2D eigenvalue weighted by molar-refractivity contribution is 0.0686. The van der Waals surface area contributed by atoms with Crippen molar-refractivity contribution >= 4 is 11.9 Å². The fraction of sp³-hybridized carbons (Fsp3) is 0.526. The summed E-state index contributed by atoms with van der Waals surface area (Å²) >= 11 is 0. The molecule has 0 spiro atoms. The average Bonchev–Trinajstić information content (AvgIpc) is 3.11. The Morgan fingerprint density at radius 3 is 2.69 bits per heavy atom. The summed E-state index contributed by atoms with van der Waals surface area (Å²) in [6.07, 6.45) is 3.64. The first-order chi connectivity index (χ1) is 12.4. The summed E-state index contributed by atoms with van der Waals surface area (Å²) in [7, 11) is 3.73. The molecule has 0 aliphatic carbocycles. The second-order valence-electron chi connectivity index (χ2n) is 7.13. The molecule has 26 heavy (non-hydrogen) atoms. The van der Waals surface area contributed by atoms with Crippen molar-refractivity contribution < 1.29 is 13.7 Å². The summed E-state index contributed by atoms with van der Waals surface area (Å²) in [6, 6.07) is 5.21. The maximum absolute atomic E-state index is 13.7. The van der Waals surface area contributed by atoms with Gasteiger partial charge in [-0.05, 0) is 49.8 Å². The predicted octanol–water partition coefficient (Wildman–Crippen LogP) is 3.07. The van der Waals surface area contributed by atoms with Crippen LogP contribution in [-0.2, 0) is 6.42 Å². The number of halogens is 1. The summed E-state index contributed by atoms with van der Waals surface area (Å²) in [5.41, 5.74) is 0.980. The Morgan fingerprint density at radius 2 is 2.08 bits per heavy atom. The summed E-state index contributed by atoms with van der Waals surface area (Å²) in [5, 5.41) is 3.99. The van der Waals surface area contributed by atoms with Gasteiger partial charge in [-0.25, -0.2) is 4.39 Å². The molecule has 1 aromatic carbocycles. The van der Waals surface area contributed by atoms with Crippen LogP contribution in [0.5, 0.6) is 0 Å². The standard InChI is InChI=1S/C19H25FN4O2/c1-13-4-6-15(12-16(13)20)18(25)24-10-8-14(9-11-24)5-7-17-21-19(23(2)3)26-22-17/h4,6,12,14H,5,7-11H2,1-3H3. The largest absolute Gasteiger partial charge is 0.339 e. The predicted molar refractivity (Wildman–Crippen MR) is 96.7 cm³/mol. The lowest BCUT2D eigenvalue weighted by atomic mass is 9.91. The fourth-order valence-corrected chi connectivity index (χ4v) is 3.19. The number of benzene rings is 1. The highest BCUT2D eigenvalue weighted by molar-refractivity contribution is 5.94. The van der Waals surface area contributed by atoms with E-state index in [1.54, 1.807) is 24.0 Å². The minimum absolute atomic E-state index is 0.0869. The van der Waals surface area contributed by atoms with Gasteiger partial charge in [0, 0.05) is 39.2 Å². The van der Waals surface area contributed by atoms with E-state index in [9.17, 15) is 9.18 Å². The van der Waals surface area contributed by atoms with E-state index in [1.165, 1.54) is 6.07 Å². The molecule has 7 heteroatoms. The van der Waals surface area contributed by atoms with Crippen LogP contribution in [0.25, 0.3) is 0 Å². The third kappa shape index (κ3) is 4.20. The molecule has 0 radical (unpaired) electrons. The van der Waals surface area contributed by atoms with E-state index >= 15 is 0 Å². The number of aromatic nitrogens is 2. The fourth-order valence-electron chi connectivity index (χ4n) is 3.19. The number of likely N-dealkylation sites (tertiary alicyclic amines) is 1. The molecule has 1 aliphatic heterocycles. The van der Waals surface area contributed by atoms with Crippen molar-refractivity contribution in [1.82, 2.24) is 15.0 Å². The quantitative estimate of drug-likeness (QED) is 0.820. The van der Waals surface area contributed by atoms with Gasteiger partial charge in [0.15, 0.2) is 5.82 Å². The van der Waals surface area contributed by atoms with Gasteiger partial charge in [-0.3, -0.25) is 4.79 Å². The molecule has 2 aromatic rings.